The molecule has 0 saturated carbocycles. The van der Waals surface area contributed by atoms with Crippen molar-refractivity contribution in [1.29, 1.82) is 0 Å². The summed E-state index contributed by atoms with van der Waals surface area (Å²) in [6.45, 7) is 1.99. The molecule has 0 fully saturated rings. The number of fused-ring (bicyclic) bond motifs is 1. The fraction of sp³-hybridized carbons (Fsp3) is 0.188. The normalized spacial score (nSPS) is 14.8. The Labute approximate surface area is 136 Å². The summed E-state index contributed by atoms with van der Waals surface area (Å²) in [5, 5.41) is 13.8. The monoisotopic (exact) mass is 365 g/mol. The van der Waals surface area contributed by atoms with Crippen LogP contribution in [0.4, 0.5) is 5.69 Å². The molecule has 1 atom stereocenters. The van der Waals surface area contributed by atoms with E-state index in [1.807, 2.05) is 25.1 Å². The maximum absolute atomic E-state index is 11.4. The van der Waals surface area contributed by atoms with E-state index in [2.05, 4.69) is 21.2 Å². The number of carbonyl (C=O) groups excluding carboxylic acids is 1. The molecule has 1 heterocycles. The van der Waals surface area contributed by atoms with Crippen LogP contribution in [0, 0.1) is 6.92 Å². The largest absolute Gasteiger partial charge is 0.384 e. The third-order valence-corrected chi connectivity index (χ3v) is 4.84. The highest BCUT2D eigenvalue weighted by Crippen LogP contribution is 2.36. The zero-order valence-electron chi connectivity index (χ0n) is 11.3. The van der Waals surface area contributed by atoms with Gasteiger partial charge in [0, 0.05) is 20.7 Å². The topological polar surface area (TPSA) is 49.3 Å². The fourth-order valence-corrected chi connectivity index (χ4v) is 3.10. The van der Waals surface area contributed by atoms with Gasteiger partial charge in [0.05, 0.1) is 6.42 Å². The zero-order valence-corrected chi connectivity index (χ0v) is 13.6. The van der Waals surface area contributed by atoms with Crippen LogP contribution in [0.15, 0.2) is 34.8 Å². The Morgan fingerprint density at radius 3 is 2.81 bits per heavy atom. The van der Waals surface area contributed by atoms with Gasteiger partial charge in [-0.25, -0.2) is 0 Å². The van der Waals surface area contributed by atoms with Crippen molar-refractivity contribution in [2.24, 2.45) is 0 Å². The average Bonchev–Trinajstić information content (AvgIpc) is 2.79. The molecule has 0 spiro atoms. The first-order valence-corrected chi connectivity index (χ1v) is 7.69. The molecule has 2 N–H and O–H groups in total. The number of amides is 1. The molecule has 0 aliphatic carbocycles. The Morgan fingerprint density at radius 1 is 1.33 bits per heavy atom. The van der Waals surface area contributed by atoms with Gasteiger partial charge in [0.25, 0.3) is 0 Å². The van der Waals surface area contributed by atoms with E-state index in [4.69, 9.17) is 11.6 Å². The summed E-state index contributed by atoms with van der Waals surface area (Å²) in [6.07, 6.45) is -0.500. The highest BCUT2D eigenvalue weighted by molar-refractivity contribution is 9.10. The fourth-order valence-electron chi connectivity index (χ4n) is 2.44. The van der Waals surface area contributed by atoms with Crippen LogP contribution in [0.1, 0.15) is 28.4 Å². The van der Waals surface area contributed by atoms with Crippen LogP contribution in [0.25, 0.3) is 0 Å². The number of benzene rings is 2. The third kappa shape index (κ3) is 2.71. The van der Waals surface area contributed by atoms with E-state index < -0.39 is 6.10 Å². The second-order valence-electron chi connectivity index (χ2n) is 5.17. The number of anilines is 1. The van der Waals surface area contributed by atoms with Gasteiger partial charge in [0.2, 0.25) is 5.91 Å². The number of nitrogens with one attached hydrogen (secondary N) is 1. The van der Waals surface area contributed by atoms with Crippen LogP contribution in [-0.4, -0.2) is 11.0 Å². The van der Waals surface area contributed by atoms with Crippen LogP contribution in [0.2, 0.25) is 5.02 Å². The van der Waals surface area contributed by atoms with Gasteiger partial charge >= 0.3 is 0 Å². The second-order valence-corrected chi connectivity index (χ2v) is 6.43. The molecule has 1 aliphatic rings. The lowest BCUT2D eigenvalue weighted by Gasteiger charge is -2.15. The van der Waals surface area contributed by atoms with Crippen molar-refractivity contribution in [1.82, 2.24) is 0 Å². The lowest BCUT2D eigenvalue weighted by Crippen LogP contribution is -2.03. The van der Waals surface area contributed by atoms with Gasteiger partial charge in [-0.1, -0.05) is 39.7 Å². The lowest BCUT2D eigenvalue weighted by atomic mass is 9.98. The molecule has 1 unspecified atom stereocenters. The van der Waals surface area contributed by atoms with Crippen molar-refractivity contribution in [2.45, 2.75) is 19.4 Å². The molecule has 0 bridgehead atoms. The summed E-state index contributed by atoms with van der Waals surface area (Å²) in [6, 6.07) is 9.19. The average molecular weight is 367 g/mol. The van der Waals surface area contributed by atoms with Crippen molar-refractivity contribution < 1.29 is 9.90 Å². The van der Waals surface area contributed by atoms with Crippen molar-refractivity contribution in [3.05, 3.63) is 62.1 Å². The number of rotatable bonds is 2. The summed E-state index contributed by atoms with van der Waals surface area (Å²) in [4.78, 5) is 11.4. The van der Waals surface area contributed by atoms with E-state index in [1.54, 1.807) is 12.1 Å². The van der Waals surface area contributed by atoms with Crippen LogP contribution >= 0.6 is 27.5 Å². The van der Waals surface area contributed by atoms with Gasteiger partial charge in [-0.2, -0.15) is 0 Å². The van der Waals surface area contributed by atoms with E-state index >= 15 is 0 Å². The minimum absolute atomic E-state index is 0.0502. The summed E-state index contributed by atoms with van der Waals surface area (Å²) in [5.74, 6) is -0.0502. The summed E-state index contributed by atoms with van der Waals surface area (Å²) >= 11 is 9.71. The number of halogens is 2. The molecule has 1 amide bonds. The second kappa shape index (κ2) is 5.44. The SMILES string of the molecule is Cc1ccc(C(O)c2cc3c(cc2Cl)NC(=O)C3)cc1Br. The summed E-state index contributed by atoms with van der Waals surface area (Å²) < 4.78 is 0.938. The van der Waals surface area contributed by atoms with Gasteiger partial charge in [0.1, 0.15) is 6.10 Å². The first kappa shape index (κ1) is 14.6. The van der Waals surface area contributed by atoms with Crippen molar-refractivity contribution >= 4 is 39.1 Å². The van der Waals surface area contributed by atoms with Crippen molar-refractivity contribution in [3.63, 3.8) is 0 Å². The Balaban J connectivity index is 2.02. The third-order valence-electron chi connectivity index (χ3n) is 3.65. The van der Waals surface area contributed by atoms with E-state index in [-0.39, 0.29) is 5.91 Å². The number of aliphatic hydroxyl groups excluding tert-OH is 1. The predicted molar refractivity (Wildman–Crippen MR) is 86.7 cm³/mol. The Kier molecular flexibility index (Phi) is 3.78. The maximum atomic E-state index is 11.4. The van der Waals surface area contributed by atoms with Crippen LogP contribution in [0.5, 0.6) is 0 Å². The van der Waals surface area contributed by atoms with Gasteiger partial charge in [-0.15, -0.1) is 0 Å². The molecule has 0 saturated heterocycles. The van der Waals surface area contributed by atoms with Gasteiger partial charge in [-0.3, -0.25) is 4.79 Å². The summed E-state index contributed by atoms with van der Waals surface area (Å²) in [7, 11) is 0. The molecule has 3 nitrogen and oxygen atoms in total. The number of aryl methyl sites for hydroxylation is 1. The van der Waals surface area contributed by atoms with E-state index in [1.165, 1.54) is 0 Å². The first-order valence-electron chi connectivity index (χ1n) is 6.52. The van der Waals surface area contributed by atoms with E-state index in [0.717, 1.165) is 26.9 Å². The Morgan fingerprint density at radius 2 is 2.10 bits per heavy atom. The lowest BCUT2D eigenvalue weighted by molar-refractivity contribution is -0.115. The molecular formula is C16H13BrClNO2. The molecule has 0 aromatic heterocycles. The van der Waals surface area contributed by atoms with Gasteiger partial charge in [-0.05, 0) is 41.8 Å². The van der Waals surface area contributed by atoms with Gasteiger partial charge in [0.15, 0.2) is 0 Å². The summed E-state index contributed by atoms with van der Waals surface area (Å²) in [5.41, 5.74) is 4.06. The number of hydrogen-bond donors (Lipinski definition) is 2. The predicted octanol–water partition coefficient (Wildman–Crippen LogP) is 3.99. The molecular weight excluding hydrogens is 354 g/mol. The smallest absolute Gasteiger partial charge is 0.228 e. The molecule has 21 heavy (non-hydrogen) atoms. The van der Waals surface area contributed by atoms with Crippen LogP contribution in [-0.2, 0) is 11.2 Å². The van der Waals surface area contributed by atoms with Crippen LogP contribution < -0.4 is 5.32 Å². The molecule has 0 radical (unpaired) electrons. The van der Waals surface area contributed by atoms with Crippen molar-refractivity contribution in [2.75, 3.05) is 5.32 Å². The number of hydrogen-bond acceptors (Lipinski definition) is 2. The maximum Gasteiger partial charge on any atom is 0.228 e. The minimum Gasteiger partial charge on any atom is -0.384 e. The molecule has 3 rings (SSSR count). The Hall–Kier alpha value is -1.36. The zero-order chi connectivity index (χ0) is 15.1. The highest BCUT2D eigenvalue weighted by atomic mass is 79.9. The highest BCUT2D eigenvalue weighted by Gasteiger charge is 2.23. The minimum atomic E-state index is -0.824. The van der Waals surface area contributed by atoms with Crippen molar-refractivity contribution in [3.8, 4) is 0 Å². The quantitative estimate of drug-likeness (QED) is 0.844. The van der Waals surface area contributed by atoms with Gasteiger partial charge < -0.3 is 10.4 Å². The molecule has 1 aliphatic heterocycles. The number of carbonyl (C=O) groups is 1. The van der Waals surface area contributed by atoms with Crippen LogP contribution in [0.3, 0.4) is 0 Å². The molecule has 5 heteroatoms. The van der Waals surface area contributed by atoms with E-state index in [0.29, 0.717) is 17.0 Å². The van der Waals surface area contributed by atoms with E-state index in [9.17, 15) is 9.90 Å². The Bertz CT molecular complexity index is 745. The first-order chi connectivity index (χ1) is 9.95. The molecule has 2 aromatic rings. The standard InChI is InChI=1S/C16H13BrClNO2/c1-8-2-3-9(5-12(8)17)16(21)11-4-10-6-15(20)19-14(10)7-13(11)18/h2-5,7,16,21H,6H2,1H3,(H,19,20). The molecule has 108 valence electrons. The molecule has 2 aromatic carbocycles. The number of aliphatic hydroxyl groups is 1.